The Bertz CT molecular complexity index is 517. The molecule has 2 aromatic heterocycles. The van der Waals surface area contributed by atoms with E-state index in [1.165, 1.54) is 0 Å². The van der Waals surface area contributed by atoms with Gasteiger partial charge in [-0.15, -0.1) is 0 Å². The van der Waals surface area contributed by atoms with Crippen LogP contribution in [0.5, 0.6) is 0 Å². The van der Waals surface area contributed by atoms with Crippen molar-refractivity contribution in [1.29, 1.82) is 0 Å². The quantitative estimate of drug-likeness (QED) is 0.754. The fourth-order valence-electron chi connectivity index (χ4n) is 2.04. The Morgan fingerprint density at radius 3 is 2.72 bits per heavy atom. The van der Waals surface area contributed by atoms with E-state index in [9.17, 15) is 0 Å². The molecule has 2 heterocycles. The van der Waals surface area contributed by atoms with Gasteiger partial charge < -0.3 is 16.5 Å². The van der Waals surface area contributed by atoms with E-state index in [4.69, 9.17) is 11.5 Å². The lowest BCUT2D eigenvalue weighted by Crippen LogP contribution is -2.14. The Balaban J connectivity index is 2.06. The molecule has 5 nitrogen and oxygen atoms in total. The highest BCUT2D eigenvalue weighted by Crippen LogP contribution is 2.21. The molecule has 0 aliphatic carbocycles. The van der Waals surface area contributed by atoms with Crippen molar-refractivity contribution in [3.63, 3.8) is 0 Å². The average Bonchev–Trinajstić information content (AvgIpc) is 2.71. The normalized spacial score (nSPS) is 14.8. The summed E-state index contributed by atoms with van der Waals surface area (Å²) < 4.78 is 0. The van der Waals surface area contributed by atoms with Gasteiger partial charge in [-0.05, 0) is 31.9 Å². The largest absolute Gasteiger partial charge is 0.384 e. The Morgan fingerprint density at radius 1 is 1.22 bits per heavy atom. The second kappa shape index (κ2) is 5.35. The maximum atomic E-state index is 5.75. The van der Waals surface area contributed by atoms with Crippen LogP contribution in [0.4, 0.5) is 5.82 Å². The molecule has 5 N–H and O–H groups in total. The van der Waals surface area contributed by atoms with E-state index < -0.39 is 0 Å². The molecule has 2 atom stereocenters. The number of pyridine rings is 1. The first-order chi connectivity index (χ1) is 8.56. The highest BCUT2D eigenvalue weighted by Gasteiger charge is 2.11. The van der Waals surface area contributed by atoms with Crippen LogP contribution in [0, 0.1) is 0 Å². The standard InChI is InChI=1S/C13H21N5/c1-8(4-3-5-9(2)14)12-16-10-6-7-11(15)17-13(10)18-12/h6-9H,3-5,14H2,1-2H3,(H3,15,16,17,18). The van der Waals surface area contributed by atoms with E-state index in [1.807, 2.05) is 13.0 Å². The Labute approximate surface area is 107 Å². The monoisotopic (exact) mass is 247 g/mol. The first-order valence-corrected chi connectivity index (χ1v) is 6.44. The number of nitrogens with one attached hydrogen (secondary N) is 1. The zero-order valence-corrected chi connectivity index (χ0v) is 11.0. The van der Waals surface area contributed by atoms with Crippen LogP contribution in [-0.2, 0) is 0 Å². The highest BCUT2D eigenvalue weighted by molar-refractivity contribution is 5.72. The summed E-state index contributed by atoms with van der Waals surface area (Å²) in [5, 5.41) is 0. The number of rotatable bonds is 5. The number of fused-ring (bicyclic) bond motifs is 1. The third kappa shape index (κ3) is 2.98. The number of aromatic amines is 1. The van der Waals surface area contributed by atoms with Crippen LogP contribution < -0.4 is 11.5 Å². The summed E-state index contributed by atoms with van der Waals surface area (Å²) in [6.07, 6.45) is 3.25. The van der Waals surface area contributed by atoms with E-state index in [2.05, 4.69) is 21.9 Å². The average molecular weight is 247 g/mol. The Morgan fingerprint density at radius 2 is 2.00 bits per heavy atom. The van der Waals surface area contributed by atoms with Gasteiger partial charge in [0, 0.05) is 12.0 Å². The minimum atomic E-state index is 0.273. The van der Waals surface area contributed by atoms with Gasteiger partial charge >= 0.3 is 0 Å². The van der Waals surface area contributed by atoms with E-state index >= 15 is 0 Å². The van der Waals surface area contributed by atoms with Crippen molar-refractivity contribution in [3.8, 4) is 0 Å². The molecule has 2 rings (SSSR count). The van der Waals surface area contributed by atoms with Gasteiger partial charge in [-0.1, -0.05) is 13.3 Å². The van der Waals surface area contributed by atoms with Gasteiger partial charge in [0.15, 0.2) is 5.65 Å². The molecule has 0 spiro atoms. The second-order valence-corrected chi connectivity index (χ2v) is 5.04. The summed E-state index contributed by atoms with van der Waals surface area (Å²) in [4.78, 5) is 12.0. The molecule has 2 unspecified atom stereocenters. The van der Waals surface area contributed by atoms with Crippen molar-refractivity contribution in [2.24, 2.45) is 5.73 Å². The van der Waals surface area contributed by atoms with Crippen LogP contribution in [0.1, 0.15) is 44.9 Å². The van der Waals surface area contributed by atoms with Crippen LogP contribution in [0.15, 0.2) is 12.1 Å². The van der Waals surface area contributed by atoms with Crippen molar-refractivity contribution in [3.05, 3.63) is 18.0 Å². The molecule has 0 aliphatic rings. The lowest BCUT2D eigenvalue weighted by Gasteiger charge is -2.09. The van der Waals surface area contributed by atoms with Crippen molar-refractivity contribution < 1.29 is 0 Å². The molecular formula is C13H21N5. The van der Waals surface area contributed by atoms with Crippen LogP contribution in [0.25, 0.3) is 11.2 Å². The van der Waals surface area contributed by atoms with Crippen LogP contribution in [0.3, 0.4) is 0 Å². The molecule has 98 valence electrons. The third-order valence-corrected chi connectivity index (χ3v) is 3.15. The summed E-state index contributed by atoms with van der Waals surface area (Å²) >= 11 is 0. The van der Waals surface area contributed by atoms with E-state index in [0.717, 1.165) is 30.6 Å². The highest BCUT2D eigenvalue weighted by atomic mass is 15.0. The summed E-state index contributed by atoms with van der Waals surface area (Å²) in [7, 11) is 0. The minimum Gasteiger partial charge on any atom is -0.384 e. The summed E-state index contributed by atoms with van der Waals surface area (Å²) in [6.45, 7) is 4.21. The zero-order chi connectivity index (χ0) is 13.1. The molecule has 0 aromatic carbocycles. The van der Waals surface area contributed by atoms with E-state index in [0.29, 0.717) is 17.4 Å². The fourth-order valence-corrected chi connectivity index (χ4v) is 2.04. The predicted molar refractivity (Wildman–Crippen MR) is 74.2 cm³/mol. The Kier molecular flexibility index (Phi) is 3.81. The Hall–Kier alpha value is -1.62. The lowest BCUT2D eigenvalue weighted by atomic mass is 10.0. The van der Waals surface area contributed by atoms with Crippen molar-refractivity contribution in [2.75, 3.05) is 5.73 Å². The van der Waals surface area contributed by atoms with Crippen molar-refractivity contribution >= 4 is 17.0 Å². The zero-order valence-electron chi connectivity index (χ0n) is 11.0. The van der Waals surface area contributed by atoms with Gasteiger partial charge in [0.1, 0.15) is 11.6 Å². The van der Waals surface area contributed by atoms with Gasteiger partial charge in [-0.25, -0.2) is 9.97 Å². The fraction of sp³-hybridized carbons (Fsp3) is 0.538. The predicted octanol–water partition coefficient (Wildman–Crippen LogP) is 2.16. The minimum absolute atomic E-state index is 0.273. The number of nitrogens with zero attached hydrogens (tertiary/aromatic N) is 2. The maximum absolute atomic E-state index is 5.75. The number of hydrogen-bond donors (Lipinski definition) is 3. The molecule has 0 radical (unpaired) electrons. The number of hydrogen-bond acceptors (Lipinski definition) is 4. The van der Waals surface area contributed by atoms with E-state index in [1.54, 1.807) is 6.07 Å². The number of nitrogen functional groups attached to an aromatic ring is 1. The maximum Gasteiger partial charge on any atom is 0.179 e. The first-order valence-electron chi connectivity index (χ1n) is 6.44. The summed E-state index contributed by atoms with van der Waals surface area (Å²) in [5.74, 6) is 1.87. The first kappa shape index (κ1) is 12.8. The molecule has 0 aliphatic heterocycles. The van der Waals surface area contributed by atoms with Crippen LogP contribution in [0.2, 0.25) is 0 Å². The summed E-state index contributed by atoms with van der Waals surface area (Å²) in [6, 6.07) is 3.97. The number of nitrogens with two attached hydrogens (primary N) is 2. The van der Waals surface area contributed by atoms with E-state index in [-0.39, 0.29) is 6.04 Å². The number of aromatic nitrogens is 3. The third-order valence-electron chi connectivity index (χ3n) is 3.15. The van der Waals surface area contributed by atoms with Crippen LogP contribution in [-0.4, -0.2) is 21.0 Å². The smallest absolute Gasteiger partial charge is 0.179 e. The lowest BCUT2D eigenvalue weighted by molar-refractivity contribution is 0.546. The number of H-pyrrole nitrogens is 1. The molecule has 0 fully saturated rings. The topological polar surface area (TPSA) is 93.6 Å². The summed E-state index contributed by atoms with van der Waals surface area (Å²) in [5.41, 5.74) is 13.0. The molecule has 0 saturated heterocycles. The molecule has 5 heteroatoms. The van der Waals surface area contributed by atoms with Gasteiger partial charge in [0.05, 0.1) is 5.52 Å². The molecular weight excluding hydrogens is 226 g/mol. The SMILES string of the molecule is CC(N)CCCC(C)c1nc2nc(N)ccc2[nH]1. The number of imidazole rings is 1. The molecule has 0 bridgehead atoms. The van der Waals surface area contributed by atoms with Gasteiger partial charge in [0.2, 0.25) is 0 Å². The van der Waals surface area contributed by atoms with Crippen LogP contribution >= 0.6 is 0 Å². The van der Waals surface area contributed by atoms with Gasteiger partial charge in [-0.2, -0.15) is 0 Å². The molecule has 0 saturated carbocycles. The van der Waals surface area contributed by atoms with Gasteiger partial charge in [-0.3, -0.25) is 0 Å². The van der Waals surface area contributed by atoms with Crippen molar-refractivity contribution in [2.45, 2.75) is 45.1 Å². The number of anilines is 1. The second-order valence-electron chi connectivity index (χ2n) is 5.04. The van der Waals surface area contributed by atoms with Gasteiger partial charge in [0.25, 0.3) is 0 Å². The molecule has 0 amide bonds. The van der Waals surface area contributed by atoms with Crippen molar-refractivity contribution in [1.82, 2.24) is 15.0 Å². The molecule has 18 heavy (non-hydrogen) atoms. The molecule has 2 aromatic rings.